The Morgan fingerprint density at radius 2 is 2.14 bits per heavy atom. The number of rotatable bonds is 1. The van der Waals surface area contributed by atoms with Gasteiger partial charge in [0.25, 0.3) is 0 Å². The average molecular weight is 190 g/mol. The average Bonchev–Trinajstić information content (AvgIpc) is 2.43. The lowest BCUT2D eigenvalue weighted by Crippen LogP contribution is -2.02. The second-order valence-electron chi connectivity index (χ2n) is 3.27. The fourth-order valence-corrected chi connectivity index (χ4v) is 1.63. The van der Waals surface area contributed by atoms with Crippen LogP contribution < -0.4 is 0 Å². The maximum absolute atomic E-state index is 11.2. The van der Waals surface area contributed by atoms with E-state index < -0.39 is 11.9 Å². The highest BCUT2D eigenvalue weighted by molar-refractivity contribution is 6.14. The predicted molar refractivity (Wildman–Crippen MR) is 50.3 cm³/mol. The van der Waals surface area contributed by atoms with Gasteiger partial charge in [0.2, 0.25) is 0 Å². The summed E-state index contributed by atoms with van der Waals surface area (Å²) in [5, 5.41) is 0. The Bertz CT molecular complexity index is 397. The fraction of sp³-hybridized carbons (Fsp3) is 0.273. The van der Waals surface area contributed by atoms with E-state index >= 15 is 0 Å². The molecule has 0 aromatic carbocycles. The van der Waals surface area contributed by atoms with Crippen molar-refractivity contribution in [3.63, 3.8) is 0 Å². The lowest BCUT2D eigenvalue weighted by molar-refractivity contribution is -0.151. The molecule has 1 heterocycles. The summed E-state index contributed by atoms with van der Waals surface area (Å²) in [7, 11) is 0. The van der Waals surface area contributed by atoms with Crippen LogP contribution in [-0.2, 0) is 14.3 Å². The summed E-state index contributed by atoms with van der Waals surface area (Å²) in [5.41, 5.74) is 1.98. The number of hydrogen-bond donors (Lipinski definition) is 0. The van der Waals surface area contributed by atoms with E-state index in [1.54, 1.807) is 6.08 Å². The van der Waals surface area contributed by atoms with Crippen molar-refractivity contribution in [3.05, 3.63) is 34.9 Å². The molecule has 0 aromatic rings. The molecule has 0 radical (unpaired) electrons. The van der Waals surface area contributed by atoms with E-state index in [-0.39, 0.29) is 0 Å². The number of carbonyl (C=O) groups is 2. The largest absolute Gasteiger partial charge is 0.386 e. The van der Waals surface area contributed by atoms with Crippen LogP contribution in [0.4, 0.5) is 0 Å². The smallest absolute Gasteiger partial charge is 0.346 e. The maximum atomic E-state index is 11.2. The molecule has 0 unspecified atom stereocenters. The van der Waals surface area contributed by atoms with Crippen molar-refractivity contribution in [2.24, 2.45) is 0 Å². The van der Waals surface area contributed by atoms with Gasteiger partial charge in [-0.2, -0.15) is 0 Å². The standard InChI is InChI=1S/C11H10O3/c1-2-3-7-4-5-8-9(6-7)11(13)14-10(8)12/h3-5H,2,6H2,1H3. The molecule has 0 atom stereocenters. The summed E-state index contributed by atoms with van der Waals surface area (Å²) >= 11 is 0. The fourth-order valence-electron chi connectivity index (χ4n) is 1.63. The first-order valence-electron chi connectivity index (χ1n) is 4.59. The van der Waals surface area contributed by atoms with E-state index in [1.165, 1.54) is 0 Å². The van der Waals surface area contributed by atoms with Gasteiger partial charge in [-0.3, -0.25) is 0 Å². The third-order valence-corrected chi connectivity index (χ3v) is 2.29. The van der Waals surface area contributed by atoms with Gasteiger partial charge in [-0.15, -0.1) is 0 Å². The minimum absolute atomic E-state index is 0.420. The van der Waals surface area contributed by atoms with Crippen molar-refractivity contribution in [2.75, 3.05) is 0 Å². The second kappa shape index (κ2) is 3.25. The highest BCUT2D eigenvalue weighted by Gasteiger charge is 2.32. The summed E-state index contributed by atoms with van der Waals surface area (Å²) in [6.45, 7) is 2.03. The highest BCUT2D eigenvalue weighted by Crippen LogP contribution is 2.29. The summed E-state index contributed by atoms with van der Waals surface area (Å²) in [6.07, 6.45) is 7.00. The van der Waals surface area contributed by atoms with Crippen LogP contribution in [0.5, 0.6) is 0 Å². The number of carbonyl (C=O) groups excluding carboxylic acids is 2. The molecule has 0 amide bonds. The van der Waals surface area contributed by atoms with E-state index in [1.807, 2.05) is 19.1 Å². The maximum Gasteiger partial charge on any atom is 0.346 e. The molecule has 0 bridgehead atoms. The van der Waals surface area contributed by atoms with Crippen molar-refractivity contribution < 1.29 is 14.3 Å². The normalized spacial score (nSPS) is 23.1. The van der Waals surface area contributed by atoms with Gasteiger partial charge >= 0.3 is 11.9 Å². The van der Waals surface area contributed by atoms with E-state index in [2.05, 4.69) is 4.74 Å². The summed E-state index contributed by atoms with van der Waals surface area (Å²) in [4.78, 5) is 22.3. The molecule has 72 valence electrons. The number of esters is 2. The topological polar surface area (TPSA) is 43.4 Å². The molecule has 0 N–H and O–H groups in total. The van der Waals surface area contributed by atoms with Crippen molar-refractivity contribution in [1.82, 2.24) is 0 Å². The monoisotopic (exact) mass is 190 g/mol. The van der Waals surface area contributed by atoms with Crippen LogP contribution in [0.1, 0.15) is 19.8 Å². The number of cyclic esters (lactones) is 2. The third kappa shape index (κ3) is 1.31. The van der Waals surface area contributed by atoms with Crippen molar-refractivity contribution in [3.8, 4) is 0 Å². The van der Waals surface area contributed by atoms with Crippen LogP contribution in [0.25, 0.3) is 0 Å². The van der Waals surface area contributed by atoms with Crippen LogP contribution in [-0.4, -0.2) is 11.9 Å². The molecule has 3 heteroatoms. The van der Waals surface area contributed by atoms with Crippen LogP contribution in [0.15, 0.2) is 34.9 Å². The Kier molecular flexibility index (Phi) is 2.08. The van der Waals surface area contributed by atoms with E-state index in [0.29, 0.717) is 17.6 Å². The molecule has 3 nitrogen and oxygen atoms in total. The zero-order valence-corrected chi connectivity index (χ0v) is 7.87. The van der Waals surface area contributed by atoms with Gasteiger partial charge in [0, 0.05) is 6.42 Å². The van der Waals surface area contributed by atoms with Gasteiger partial charge in [-0.25, -0.2) is 9.59 Å². The lowest BCUT2D eigenvalue weighted by Gasteiger charge is -2.06. The molecular formula is C11H10O3. The first kappa shape index (κ1) is 8.94. The van der Waals surface area contributed by atoms with E-state index in [0.717, 1.165) is 12.0 Å². The Labute approximate surface area is 81.7 Å². The van der Waals surface area contributed by atoms with Gasteiger partial charge in [-0.05, 0) is 18.1 Å². The van der Waals surface area contributed by atoms with E-state index in [4.69, 9.17) is 0 Å². The zero-order valence-electron chi connectivity index (χ0n) is 7.87. The summed E-state index contributed by atoms with van der Waals surface area (Å²) in [6, 6.07) is 0. The molecule has 0 saturated heterocycles. The molecule has 2 rings (SSSR count). The lowest BCUT2D eigenvalue weighted by atomic mass is 9.95. The first-order chi connectivity index (χ1) is 6.72. The SMILES string of the molecule is CCC=C1C=CC2=C(C1)C(=O)OC2=O. The Morgan fingerprint density at radius 1 is 1.36 bits per heavy atom. The van der Waals surface area contributed by atoms with Crippen molar-refractivity contribution in [1.29, 1.82) is 0 Å². The molecule has 0 aromatic heterocycles. The quantitative estimate of drug-likeness (QED) is 0.466. The molecular weight excluding hydrogens is 180 g/mol. The van der Waals surface area contributed by atoms with Crippen LogP contribution in [0, 0.1) is 0 Å². The van der Waals surface area contributed by atoms with Crippen molar-refractivity contribution >= 4 is 11.9 Å². The number of ether oxygens (including phenoxy) is 1. The molecule has 14 heavy (non-hydrogen) atoms. The van der Waals surface area contributed by atoms with Gasteiger partial charge in [-0.1, -0.05) is 19.1 Å². The second-order valence-corrected chi connectivity index (χ2v) is 3.27. The van der Waals surface area contributed by atoms with Gasteiger partial charge < -0.3 is 4.74 Å². The van der Waals surface area contributed by atoms with Crippen LogP contribution in [0.3, 0.4) is 0 Å². The Balaban J connectivity index is 2.33. The predicted octanol–water partition coefficient (Wildman–Crippen LogP) is 1.66. The van der Waals surface area contributed by atoms with Crippen LogP contribution in [0.2, 0.25) is 0 Å². The summed E-state index contributed by atoms with van der Waals surface area (Å²) < 4.78 is 4.50. The van der Waals surface area contributed by atoms with E-state index in [9.17, 15) is 9.59 Å². The molecule has 0 spiro atoms. The van der Waals surface area contributed by atoms with Crippen molar-refractivity contribution in [2.45, 2.75) is 19.8 Å². The third-order valence-electron chi connectivity index (χ3n) is 2.29. The number of hydrogen-bond acceptors (Lipinski definition) is 3. The zero-order chi connectivity index (χ0) is 10.1. The minimum atomic E-state index is -0.517. The van der Waals surface area contributed by atoms with Gasteiger partial charge in [0.05, 0.1) is 11.1 Å². The minimum Gasteiger partial charge on any atom is -0.386 e. The molecule has 0 fully saturated rings. The Morgan fingerprint density at radius 3 is 2.86 bits per heavy atom. The molecule has 1 aliphatic carbocycles. The summed E-state index contributed by atoms with van der Waals surface area (Å²) in [5.74, 6) is -1.01. The molecule has 2 aliphatic rings. The van der Waals surface area contributed by atoms with Crippen LogP contribution >= 0.6 is 0 Å². The first-order valence-corrected chi connectivity index (χ1v) is 4.59. The molecule has 1 aliphatic heterocycles. The Hall–Kier alpha value is -1.64. The van der Waals surface area contributed by atoms with Gasteiger partial charge in [0.15, 0.2) is 0 Å². The number of allylic oxidation sites excluding steroid dienone is 3. The molecule has 0 saturated carbocycles. The highest BCUT2D eigenvalue weighted by atomic mass is 16.6. The van der Waals surface area contributed by atoms with Gasteiger partial charge in [0.1, 0.15) is 0 Å².